The molecule has 0 aliphatic heterocycles. The van der Waals surface area contributed by atoms with Crippen LogP contribution in [0.1, 0.15) is 0 Å². The van der Waals surface area contributed by atoms with Crippen LogP contribution >= 0.6 is 11.1 Å². The molecule has 0 N–H and O–H groups in total. The Morgan fingerprint density at radius 3 is 1.89 bits per heavy atom. The minimum Gasteiger partial charge on any atom is -0.530 e. The lowest BCUT2D eigenvalue weighted by molar-refractivity contribution is 0.572. The number of hydrogen-bond acceptors (Lipinski definition) is 3. The van der Waals surface area contributed by atoms with Gasteiger partial charge in [0.05, 0.1) is 11.4 Å². The van der Waals surface area contributed by atoms with Gasteiger partial charge in [0.15, 0.2) is 0 Å². The van der Waals surface area contributed by atoms with Gasteiger partial charge in [-0.3, -0.25) is 0 Å². The number of benzene rings is 2. The Morgan fingerprint density at radius 2 is 1.37 bits per heavy atom. The maximum atomic E-state index is 6.12. The quantitative estimate of drug-likeness (QED) is 0.420. The summed E-state index contributed by atoms with van der Waals surface area (Å²) in [5.41, 5.74) is 1.61. The van der Waals surface area contributed by atoms with Gasteiger partial charge in [0, 0.05) is 0 Å². The van der Waals surface area contributed by atoms with Crippen molar-refractivity contribution in [1.29, 1.82) is 0 Å². The lowest BCUT2D eigenvalue weighted by Gasteiger charge is -2.16. The van der Waals surface area contributed by atoms with Crippen LogP contribution in [-0.4, -0.2) is 7.63 Å². The van der Waals surface area contributed by atoms with Crippen molar-refractivity contribution in [1.82, 2.24) is 0 Å². The molecule has 2 aromatic rings. The molecule has 19 heavy (non-hydrogen) atoms. The second kappa shape index (κ2) is 5.99. The Balaban J connectivity index is 2.05. The van der Waals surface area contributed by atoms with E-state index >= 15 is 0 Å². The normalized spacial score (nSPS) is 11.7. The van der Waals surface area contributed by atoms with Crippen molar-refractivity contribution in [2.24, 2.45) is 10.2 Å². The fourth-order valence-corrected chi connectivity index (χ4v) is 2.44. The summed E-state index contributed by atoms with van der Waals surface area (Å²) < 4.78 is 5.65. The van der Waals surface area contributed by atoms with Gasteiger partial charge in [-0.1, -0.05) is 18.2 Å². The van der Waals surface area contributed by atoms with Gasteiger partial charge in [0.1, 0.15) is 5.75 Å². The number of azo groups is 1. The second-order valence-corrected chi connectivity index (χ2v) is 10.2. The maximum absolute atomic E-state index is 6.12. The largest absolute Gasteiger partial charge is 0.530 e. The molecule has 98 valence electrons. The van der Waals surface area contributed by atoms with E-state index in [2.05, 4.69) is 10.2 Å². The first kappa shape index (κ1) is 13.8. The SMILES string of the molecule is C[Si](C)(Cl)Oc1ccc(N=Nc2ccccc2)cc1. The molecule has 0 amide bonds. The van der Waals surface area contributed by atoms with Crippen molar-refractivity contribution in [3.63, 3.8) is 0 Å². The van der Waals surface area contributed by atoms with Crippen molar-refractivity contribution in [2.45, 2.75) is 13.1 Å². The minimum absolute atomic E-state index is 0.769. The molecule has 2 rings (SSSR count). The van der Waals surface area contributed by atoms with Crippen LogP contribution in [0.2, 0.25) is 13.1 Å². The average molecular weight is 291 g/mol. The summed E-state index contributed by atoms with van der Waals surface area (Å²) in [6.07, 6.45) is 0. The molecule has 0 aromatic heterocycles. The minimum atomic E-state index is -2.07. The Kier molecular flexibility index (Phi) is 4.34. The molecule has 0 atom stereocenters. The van der Waals surface area contributed by atoms with Gasteiger partial charge in [-0.05, 0) is 49.5 Å². The van der Waals surface area contributed by atoms with Crippen LogP contribution in [0.4, 0.5) is 11.4 Å². The maximum Gasteiger partial charge on any atom is 0.341 e. The predicted octanol–water partition coefficient (Wildman–Crippen LogP) is 5.42. The fourth-order valence-electron chi connectivity index (χ4n) is 1.47. The van der Waals surface area contributed by atoms with Crippen LogP contribution < -0.4 is 4.43 Å². The monoisotopic (exact) mass is 290 g/mol. The van der Waals surface area contributed by atoms with Gasteiger partial charge < -0.3 is 4.43 Å². The third kappa shape index (κ3) is 4.85. The second-order valence-electron chi connectivity index (χ2n) is 4.49. The Labute approximate surface area is 118 Å². The summed E-state index contributed by atoms with van der Waals surface area (Å²) in [7, 11) is -2.07. The van der Waals surface area contributed by atoms with Crippen molar-refractivity contribution < 1.29 is 4.43 Å². The highest BCUT2D eigenvalue weighted by atomic mass is 35.6. The van der Waals surface area contributed by atoms with Crippen molar-refractivity contribution >= 4 is 30.1 Å². The third-order valence-corrected chi connectivity index (χ3v) is 3.19. The van der Waals surface area contributed by atoms with E-state index in [-0.39, 0.29) is 0 Å². The molecule has 0 fully saturated rings. The molecule has 0 saturated heterocycles. The third-order valence-electron chi connectivity index (χ3n) is 2.23. The van der Waals surface area contributed by atoms with Crippen LogP contribution in [0.5, 0.6) is 5.75 Å². The molecule has 0 radical (unpaired) electrons. The van der Waals surface area contributed by atoms with Gasteiger partial charge in [0.2, 0.25) is 0 Å². The lowest BCUT2D eigenvalue weighted by Crippen LogP contribution is -2.26. The molecular weight excluding hydrogens is 276 g/mol. The zero-order valence-corrected chi connectivity index (χ0v) is 12.6. The van der Waals surface area contributed by atoms with Crippen molar-refractivity contribution in [3.8, 4) is 5.75 Å². The molecule has 3 nitrogen and oxygen atoms in total. The Morgan fingerprint density at radius 1 is 0.842 bits per heavy atom. The molecule has 0 saturated carbocycles. The highest BCUT2D eigenvalue weighted by molar-refractivity contribution is 7.15. The van der Waals surface area contributed by atoms with Gasteiger partial charge in [-0.2, -0.15) is 10.2 Å². The zero-order valence-electron chi connectivity index (χ0n) is 10.9. The van der Waals surface area contributed by atoms with E-state index in [0.717, 1.165) is 17.1 Å². The average Bonchev–Trinajstić information content (AvgIpc) is 2.37. The molecule has 0 aliphatic carbocycles. The van der Waals surface area contributed by atoms with Crippen LogP contribution in [0.15, 0.2) is 64.8 Å². The number of halogens is 1. The van der Waals surface area contributed by atoms with Gasteiger partial charge in [-0.25, -0.2) is 0 Å². The summed E-state index contributed by atoms with van der Waals surface area (Å²) in [6.45, 7) is 3.86. The van der Waals surface area contributed by atoms with E-state index in [9.17, 15) is 0 Å². The van der Waals surface area contributed by atoms with Crippen molar-refractivity contribution in [3.05, 3.63) is 54.6 Å². The van der Waals surface area contributed by atoms with Crippen molar-refractivity contribution in [2.75, 3.05) is 0 Å². The number of rotatable bonds is 4. The van der Waals surface area contributed by atoms with Crippen LogP contribution in [0.25, 0.3) is 0 Å². The van der Waals surface area contributed by atoms with Gasteiger partial charge in [-0.15, -0.1) is 11.1 Å². The summed E-state index contributed by atoms with van der Waals surface area (Å²) in [4.78, 5) is 0. The Bertz CT molecular complexity index is 550. The first-order valence-electron chi connectivity index (χ1n) is 5.98. The zero-order chi connectivity index (χ0) is 13.7. The van der Waals surface area contributed by atoms with E-state index in [1.54, 1.807) is 0 Å². The van der Waals surface area contributed by atoms with E-state index in [1.807, 2.05) is 67.7 Å². The standard InChI is InChI=1S/C14H15ClN2OSi/c1-19(2,15)18-14-10-8-13(9-11-14)17-16-12-6-4-3-5-7-12/h3-11H,1-2H3. The first-order chi connectivity index (χ1) is 9.03. The van der Waals surface area contributed by atoms with E-state index < -0.39 is 7.63 Å². The molecule has 0 bridgehead atoms. The summed E-state index contributed by atoms with van der Waals surface area (Å²) in [5, 5.41) is 8.31. The summed E-state index contributed by atoms with van der Waals surface area (Å²) >= 11 is 6.12. The first-order valence-corrected chi connectivity index (χ1v) is 9.90. The molecular formula is C14H15ClN2OSi. The summed E-state index contributed by atoms with van der Waals surface area (Å²) in [5.74, 6) is 0.769. The van der Waals surface area contributed by atoms with E-state index in [4.69, 9.17) is 15.5 Å². The van der Waals surface area contributed by atoms with Gasteiger partial charge in [0.25, 0.3) is 0 Å². The lowest BCUT2D eigenvalue weighted by atomic mass is 10.3. The molecule has 0 aliphatic rings. The fraction of sp³-hybridized carbons (Fsp3) is 0.143. The van der Waals surface area contributed by atoms with Crippen LogP contribution in [0.3, 0.4) is 0 Å². The number of hydrogen-bond donors (Lipinski definition) is 0. The van der Waals surface area contributed by atoms with Gasteiger partial charge >= 0.3 is 7.63 Å². The molecule has 5 heteroatoms. The number of nitrogens with zero attached hydrogens (tertiary/aromatic N) is 2. The van der Waals surface area contributed by atoms with E-state index in [1.165, 1.54) is 0 Å². The van der Waals surface area contributed by atoms with Crippen LogP contribution in [0, 0.1) is 0 Å². The molecule has 0 spiro atoms. The van der Waals surface area contributed by atoms with Crippen LogP contribution in [-0.2, 0) is 0 Å². The molecule has 0 heterocycles. The smallest absolute Gasteiger partial charge is 0.341 e. The highest BCUT2D eigenvalue weighted by Gasteiger charge is 2.19. The highest BCUT2D eigenvalue weighted by Crippen LogP contribution is 2.23. The summed E-state index contributed by atoms with van der Waals surface area (Å²) in [6, 6.07) is 17.1. The Hall–Kier alpha value is -1.65. The topological polar surface area (TPSA) is 34.0 Å². The molecule has 0 unspecified atom stereocenters. The molecule has 2 aromatic carbocycles. The predicted molar refractivity (Wildman–Crippen MR) is 81.0 cm³/mol. The van der Waals surface area contributed by atoms with E-state index in [0.29, 0.717) is 0 Å².